The van der Waals surface area contributed by atoms with E-state index >= 15 is 0 Å². The van der Waals surface area contributed by atoms with Crippen molar-refractivity contribution in [1.29, 1.82) is 0 Å². The van der Waals surface area contributed by atoms with Gasteiger partial charge in [0, 0.05) is 42.5 Å². The highest BCUT2D eigenvalue weighted by Gasteiger charge is 2.18. The number of carbonyl (C=O) groups is 1. The van der Waals surface area contributed by atoms with Gasteiger partial charge in [0.05, 0.1) is 16.8 Å². The molecule has 0 saturated carbocycles. The van der Waals surface area contributed by atoms with Gasteiger partial charge < -0.3 is 10.2 Å². The Balaban J connectivity index is 1.51. The van der Waals surface area contributed by atoms with Crippen LogP contribution in [-0.4, -0.2) is 46.5 Å². The molecule has 0 bridgehead atoms. The first-order chi connectivity index (χ1) is 14.6. The maximum atomic E-state index is 13.9. The van der Waals surface area contributed by atoms with Crippen LogP contribution in [0.15, 0.2) is 48.8 Å². The van der Waals surface area contributed by atoms with Gasteiger partial charge in [0.25, 0.3) is 5.91 Å². The van der Waals surface area contributed by atoms with E-state index < -0.39 is 0 Å². The number of hydrogen-bond acceptors (Lipinski definition) is 4. The largest absolute Gasteiger partial charge is 0.352 e. The van der Waals surface area contributed by atoms with Gasteiger partial charge in [0.2, 0.25) is 0 Å². The molecule has 0 spiro atoms. The summed E-state index contributed by atoms with van der Waals surface area (Å²) < 4.78 is 13.9. The van der Waals surface area contributed by atoms with Gasteiger partial charge in [-0.2, -0.15) is 0 Å². The number of fused-ring (bicyclic) bond motifs is 1. The number of hydrogen-bond donors (Lipinski definition) is 1. The first-order valence-corrected chi connectivity index (χ1v) is 10.6. The maximum absolute atomic E-state index is 13.9. The van der Waals surface area contributed by atoms with Crippen molar-refractivity contribution in [2.45, 2.75) is 38.6 Å². The SMILES string of the molecule is CC1CCCCN1CCCNC(=O)c1cc(-c2ccncc2)nc2ccc(F)cc12. The molecule has 3 aromatic rings. The van der Waals surface area contributed by atoms with Gasteiger partial charge in [-0.05, 0) is 69.1 Å². The molecule has 4 rings (SSSR count). The fourth-order valence-corrected chi connectivity index (χ4v) is 4.13. The zero-order chi connectivity index (χ0) is 20.9. The van der Waals surface area contributed by atoms with Crippen molar-refractivity contribution in [2.75, 3.05) is 19.6 Å². The Morgan fingerprint density at radius 3 is 2.83 bits per heavy atom. The number of likely N-dealkylation sites (tertiary alicyclic amines) is 1. The zero-order valence-electron chi connectivity index (χ0n) is 17.3. The Morgan fingerprint density at radius 1 is 1.20 bits per heavy atom. The normalized spacial score (nSPS) is 17.2. The van der Waals surface area contributed by atoms with Crippen molar-refractivity contribution in [3.8, 4) is 11.3 Å². The van der Waals surface area contributed by atoms with Crippen molar-refractivity contribution < 1.29 is 9.18 Å². The number of nitrogens with zero attached hydrogens (tertiary/aromatic N) is 3. The Hall–Kier alpha value is -2.86. The summed E-state index contributed by atoms with van der Waals surface area (Å²) in [5.74, 6) is -0.580. The molecule has 156 valence electrons. The van der Waals surface area contributed by atoms with E-state index in [4.69, 9.17) is 0 Å². The highest BCUT2D eigenvalue weighted by molar-refractivity contribution is 6.07. The maximum Gasteiger partial charge on any atom is 0.252 e. The van der Waals surface area contributed by atoms with Crippen LogP contribution in [0.2, 0.25) is 0 Å². The van der Waals surface area contributed by atoms with Gasteiger partial charge in [0.15, 0.2) is 0 Å². The highest BCUT2D eigenvalue weighted by Crippen LogP contribution is 2.25. The summed E-state index contributed by atoms with van der Waals surface area (Å²) in [7, 11) is 0. The number of pyridine rings is 2. The lowest BCUT2D eigenvalue weighted by atomic mass is 10.0. The van der Waals surface area contributed by atoms with E-state index in [1.807, 2.05) is 12.1 Å². The number of piperidine rings is 1. The smallest absolute Gasteiger partial charge is 0.252 e. The molecule has 1 aliphatic rings. The molecule has 1 amide bonds. The Morgan fingerprint density at radius 2 is 2.03 bits per heavy atom. The molecule has 30 heavy (non-hydrogen) atoms. The first-order valence-electron chi connectivity index (χ1n) is 10.6. The average molecular weight is 407 g/mol. The summed E-state index contributed by atoms with van der Waals surface area (Å²) in [4.78, 5) is 24.1. The van der Waals surface area contributed by atoms with Gasteiger partial charge >= 0.3 is 0 Å². The number of nitrogens with one attached hydrogen (secondary N) is 1. The Kier molecular flexibility index (Phi) is 6.33. The van der Waals surface area contributed by atoms with Crippen molar-refractivity contribution in [3.63, 3.8) is 0 Å². The van der Waals surface area contributed by atoms with Crippen molar-refractivity contribution in [3.05, 3.63) is 60.2 Å². The standard InChI is InChI=1S/C24H27FN4O/c1-17-5-2-3-13-29(17)14-4-10-27-24(30)21-16-23(18-8-11-26-12-9-18)28-22-7-6-19(25)15-20(21)22/h6-9,11-12,15-17H,2-5,10,13-14H2,1H3,(H,27,30). The highest BCUT2D eigenvalue weighted by atomic mass is 19.1. The number of carbonyl (C=O) groups excluding carboxylic acids is 1. The van der Waals surface area contributed by atoms with Gasteiger partial charge in [-0.15, -0.1) is 0 Å². The molecule has 1 aromatic carbocycles. The van der Waals surface area contributed by atoms with Gasteiger partial charge in [-0.25, -0.2) is 9.37 Å². The molecule has 1 aliphatic heterocycles. The van der Waals surface area contributed by atoms with Crippen molar-refractivity contribution >= 4 is 16.8 Å². The molecule has 1 saturated heterocycles. The lowest BCUT2D eigenvalue weighted by Crippen LogP contribution is -2.39. The molecule has 0 radical (unpaired) electrons. The minimum Gasteiger partial charge on any atom is -0.352 e. The third kappa shape index (κ3) is 4.65. The van der Waals surface area contributed by atoms with Crippen molar-refractivity contribution in [2.24, 2.45) is 0 Å². The third-order valence-corrected chi connectivity index (χ3v) is 5.84. The fraction of sp³-hybridized carbons (Fsp3) is 0.375. The summed E-state index contributed by atoms with van der Waals surface area (Å²) in [5, 5.41) is 3.54. The molecule has 6 heteroatoms. The van der Waals surface area contributed by atoms with Crippen LogP contribution in [0.4, 0.5) is 4.39 Å². The second kappa shape index (κ2) is 9.30. The van der Waals surface area contributed by atoms with Crippen LogP contribution in [0.3, 0.4) is 0 Å². The van der Waals surface area contributed by atoms with E-state index in [2.05, 4.69) is 27.1 Å². The van der Waals surface area contributed by atoms with Crippen LogP contribution >= 0.6 is 0 Å². The Bertz CT molecular complexity index is 1020. The van der Waals surface area contributed by atoms with Gasteiger partial charge in [-0.3, -0.25) is 9.78 Å². The summed E-state index contributed by atoms with van der Waals surface area (Å²) in [5.41, 5.74) is 2.57. The summed E-state index contributed by atoms with van der Waals surface area (Å²) in [6.07, 6.45) is 8.08. The molecular formula is C24H27FN4O. The number of benzene rings is 1. The second-order valence-electron chi connectivity index (χ2n) is 7.94. The first kappa shape index (κ1) is 20.4. The second-order valence-corrected chi connectivity index (χ2v) is 7.94. The number of halogens is 1. The quantitative estimate of drug-likeness (QED) is 0.615. The van der Waals surface area contributed by atoms with Gasteiger partial charge in [0.1, 0.15) is 5.82 Å². The predicted octanol–water partition coefficient (Wildman–Crippen LogP) is 4.43. The molecule has 1 N–H and O–H groups in total. The topological polar surface area (TPSA) is 58.1 Å². The molecule has 1 atom stereocenters. The van der Waals surface area contributed by atoms with Crippen molar-refractivity contribution in [1.82, 2.24) is 20.2 Å². The van der Waals surface area contributed by atoms with E-state index in [-0.39, 0.29) is 11.7 Å². The van der Waals surface area contributed by atoms with Crippen LogP contribution in [-0.2, 0) is 0 Å². The van der Waals surface area contributed by atoms with Crippen LogP contribution in [0, 0.1) is 5.82 Å². The van der Waals surface area contributed by atoms with Crippen LogP contribution in [0.25, 0.3) is 22.2 Å². The predicted molar refractivity (Wildman–Crippen MR) is 117 cm³/mol. The van der Waals surface area contributed by atoms with E-state index in [9.17, 15) is 9.18 Å². The van der Waals surface area contributed by atoms with E-state index in [0.717, 1.165) is 25.1 Å². The fourth-order valence-electron chi connectivity index (χ4n) is 4.13. The minimum atomic E-state index is -0.380. The Labute approximate surface area is 176 Å². The number of amides is 1. The average Bonchev–Trinajstić information content (AvgIpc) is 2.77. The zero-order valence-corrected chi connectivity index (χ0v) is 17.3. The third-order valence-electron chi connectivity index (χ3n) is 5.84. The number of rotatable bonds is 6. The molecule has 2 aromatic heterocycles. The summed E-state index contributed by atoms with van der Waals surface area (Å²) in [6.45, 7) is 4.98. The monoisotopic (exact) mass is 406 g/mol. The molecule has 0 aliphatic carbocycles. The summed E-state index contributed by atoms with van der Waals surface area (Å²) >= 11 is 0. The number of aromatic nitrogens is 2. The van der Waals surface area contributed by atoms with E-state index in [1.54, 1.807) is 24.5 Å². The van der Waals surface area contributed by atoms with E-state index in [0.29, 0.717) is 34.7 Å². The van der Waals surface area contributed by atoms with Crippen LogP contribution in [0.1, 0.15) is 43.0 Å². The molecule has 1 fully saturated rings. The van der Waals surface area contributed by atoms with Crippen LogP contribution in [0.5, 0.6) is 0 Å². The molecule has 3 heterocycles. The minimum absolute atomic E-state index is 0.199. The lowest BCUT2D eigenvalue weighted by Gasteiger charge is -2.33. The van der Waals surface area contributed by atoms with Crippen LogP contribution < -0.4 is 5.32 Å². The molecule has 1 unspecified atom stereocenters. The van der Waals surface area contributed by atoms with E-state index in [1.165, 1.54) is 31.4 Å². The van der Waals surface area contributed by atoms with Gasteiger partial charge in [-0.1, -0.05) is 6.42 Å². The lowest BCUT2D eigenvalue weighted by molar-refractivity contribution is 0.0950. The molecular weight excluding hydrogens is 379 g/mol. The molecule has 5 nitrogen and oxygen atoms in total. The summed E-state index contributed by atoms with van der Waals surface area (Å²) in [6, 6.07) is 10.4.